The van der Waals surface area contributed by atoms with Gasteiger partial charge in [0.1, 0.15) is 18.2 Å². The van der Waals surface area contributed by atoms with Crippen LogP contribution in [0.3, 0.4) is 0 Å². The molecule has 0 spiro atoms. The van der Waals surface area contributed by atoms with Gasteiger partial charge < -0.3 is 19.4 Å². The van der Waals surface area contributed by atoms with Gasteiger partial charge in [0.2, 0.25) is 5.88 Å². The van der Waals surface area contributed by atoms with E-state index in [0.717, 1.165) is 39.3 Å². The summed E-state index contributed by atoms with van der Waals surface area (Å²) in [6.07, 6.45) is 1.58. The van der Waals surface area contributed by atoms with Gasteiger partial charge in [0.15, 0.2) is 0 Å². The molecule has 31 heavy (non-hydrogen) atoms. The molecule has 2 aromatic heterocycles. The number of imidazole rings is 1. The van der Waals surface area contributed by atoms with E-state index in [1.54, 1.807) is 23.2 Å². The predicted octanol–water partition coefficient (Wildman–Crippen LogP) is 3.98. The Balaban J connectivity index is 1.46. The molecular weight excluding hydrogens is 392 g/mol. The number of amides is 1. The minimum Gasteiger partial charge on any atom is -0.491 e. The number of carbonyl (C=O) groups excluding carboxylic acids is 1. The molecule has 0 bridgehead atoms. The molecule has 0 fully saturated rings. The average Bonchev–Trinajstić information content (AvgIpc) is 3.04. The lowest BCUT2D eigenvalue weighted by Gasteiger charge is -2.20. The van der Waals surface area contributed by atoms with Crippen LogP contribution in [0, 0.1) is 6.92 Å². The van der Waals surface area contributed by atoms with Crippen LogP contribution in [0.4, 0.5) is 0 Å². The van der Waals surface area contributed by atoms with Crippen molar-refractivity contribution in [1.82, 2.24) is 19.9 Å². The number of H-pyrrole nitrogens is 1. The number of fused-ring (bicyclic) bond motifs is 2. The second kappa shape index (κ2) is 7.75. The number of ether oxygens (including phenoxy) is 2. The van der Waals surface area contributed by atoms with Crippen molar-refractivity contribution in [3.63, 3.8) is 0 Å². The Morgan fingerprint density at radius 3 is 2.84 bits per heavy atom. The van der Waals surface area contributed by atoms with Crippen molar-refractivity contribution in [2.75, 3.05) is 20.3 Å². The van der Waals surface area contributed by atoms with Crippen molar-refractivity contribution in [3.8, 4) is 22.8 Å². The van der Waals surface area contributed by atoms with Crippen molar-refractivity contribution in [1.29, 1.82) is 0 Å². The second-order valence-electron chi connectivity index (χ2n) is 7.54. The molecule has 5 rings (SSSR count). The van der Waals surface area contributed by atoms with Crippen LogP contribution >= 0.6 is 0 Å². The maximum atomic E-state index is 13.1. The molecule has 1 amide bonds. The lowest BCUT2D eigenvalue weighted by atomic mass is 10.0. The van der Waals surface area contributed by atoms with Gasteiger partial charge in [-0.2, -0.15) is 0 Å². The molecule has 0 unspecified atom stereocenters. The van der Waals surface area contributed by atoms with E-state index in [1.165, 1.54) is 7.11 Å². The Hall–Kier alpha value is -3.87. The van der Waals surface area contributed by atoms with Crippen molar-refractivity contribution >= 4 is 16.9 Å². The van der Waals surface area contributed by atoms with Crippen LogP contribution in [0.25, 0.3) is 22.2 Å². The van der Waals surface area contributed by atoms with Gasteiger partial charge >= 0.3 is 0 Å². The van der Waals surface area contributed by atoms with Gasteiger partial charge in [0.25, 0.3) is 5.91 Å². The molecule has 0 aliphatic carbocycles. The van der Waals surface area contributed by atoms with Crippen LogP contribution in [0.2, 0.25) is 0 Å². The first-order chi connectivity index (χ1) is 15.1. The minimum absolute atomic E-state index is 0.0732. The summed E-state index contributed by atoms with van der Waals surface area (Å²) in [4.78, 5) is 26.8. The molecule has 4 aromatic rings. The number of aryl methyl sites for hydroxylation is 1. The lowest BCUT2D eigenvalue weighted by molar-refractivity contribution is 0.0732. The topological polar surface area (TPSA) is 80.3 Å². The first-order valence-corrected chi connectivity index (χ1v) is 10.1. The van der Waals surface area contributed by atoms with E-state index >= 15 is 0 Å². The quantitative estimate of drug-likeness (QED) is 0.549. The van der Waals surface area contributed by atoms with Crippen molar-refractivity contribution in [3.05, 3.63) is 71.7 Å². The normalized spacial score (nSPS) is 13.4. The van der Waals surface area contributed by atoms with Crippen molar-refractivity contribution in [2.45, 2.75) is 13.5 Å². The zero-order valence-corrected chi connectivity index (χ0v) is 17.4. The lowest BCUT2D eigenvalue weighted by Crippen LogP contribution is -2.32. The fourth-order valence-corrected chi connectivity index (χ4v) is 3.90. The monoisotopic (exact) mass is 414 g/mol. The smallest absolute Gasteiger partial charge is 0.254 e. The fourth-order valence-electron chi connectivity index (χ4n) is 3.90. The summed E-state index contributed by atoms with van der Waals surface area (Å²) in [5.74, 6) is 2.05. The van der Waals surface area contributed by atoms with Crippen LogP contribution in [0.5, 0.6) is 11.6 Å². The van der Waals surface area contributed by atoms with E-state index in [9.17, 15) is 4.79 Å². The van der Waals surface area contributed by atoms with Gasteiger partial charge in [-0.25, -0.2) is 9.97 Å². The zero-order chi connectivity index (χ0) is 21.4. The molecule has 156 valence electrons. The molecular formula is C24H22N4O3. The van der Waals surface area contributed by atoms with Gasteiger partial charge in [0, 0.05) is 29.9 Å². The number of nitrogens with zero attached hydrogens (tertiary/aromatic N) is 3. The number of benzene rings is 2. The van der Waals surface area contributed by atoms with Crippen LogP contribution in [0.15, 0.2) is 54.7 Å². The predicted molar refractivity (Wildman–Crippen MR) is 117 cm³/mol. The Labute approximate surface area is 179 Å². The van der Waals surface area contributed by atoms with Gasteiger partial charge in [0.05, 0.1) is 24.7 Å². The molecule has 1 aliphatic heterocycles. The first kappa shape index (κ1) is 19.1. The standard InChI is InChI=1S/C24H22N4O3/c1-15-26-20-5-3-17(12-21(20)27-15)16-4-6-22-19(11-16)14-28(9-10-31-22)24(29)18-7-8-25-23(13-18)30-2/h3-8,11-13H,9-10,14H2,1-2H3,(H,26,27). The second-order valence-corrected chi connectivity index (χ2v) is 7.54. The van der Waals surface area contributed by atoms with Crippen LogP contribution in [-0.4, -0.2) is 46.0 Å². The average molecular weight is 414 g/mol. The summed E-state index contributed by atoms with van der Waals surface area (Å²) in [5, 5.41) is 0. The number of aromatic nitrogens is 3. The fraction of sp³-hybridized carbons (Fsp3) is 0.208. The Morgan fingerprint density at radius 1 is 1.13 bits per heavy atom. The van der Waals surface area contributed by atoms with Gasteiger partial charge in [-0.3, -0.25) is 4.79 Å². The summed E-state index contributed by atoms with van der Waals surface area (Å²) in [6.45, 7) is 3.37. The van der Waals surface area contributed by atoms with Gasteiger partial charge in [-0.05, 0) is 48.4 Å². The number of nitrogens with one attached hydrogen (secondary N) is 1. The first-order valence-electron chi connectivity index (χ1n) is 10.1. The van der Waals surface area contributed by atoms with E-state index in [1.807, 2.05) is 25.1 Å². The Morgan fingerprint density at radius 2 is 1.97 bits per heavy atom. The molecule has 0 saturated carbocycles. The molecule has 3 heterocycles. The largest absolute Gasteiger partial charge is 0.491 e. The van der Waals surface area contributed by atoms with Crippen LogP contribution in [-0.2, 0) is 6.54 Å². The third kappa shape index (κ3) is 3.70. The molecule has 7 heteroatoms. The summed E-state index contributed by atoms with van der Waals surface area (Å²) in [7, 11) is 1.54. The van der Waals surface area contributed by atoms with Gasteiger partial charge in [-0.1, -0.05) is 12.1 Å². The molecule has 1 N–H and O–H groups in total. The summed E-state index contributed by atoms with van der Waals surface area (Å²) < 4.78 is 11.1. The number of methoxy groups -OCH3 is 1. The summed E-state index contributed by atoms with van der Waals surface area (Å²) in [6, 6.07) is 15.7. The molecule has 1 aliphatic rings. The van der Waals surface area contributed by atoms with E-state index in [-0.39, 0.29) is 5.91 Å². The highest BCUT2D eigenvalue weighted by molar-refractivity contribution is 5.94. The maximum Gasteiger partial charge on any atom is 0.254 e. The number of rotatable bonds is 3. The van der Waals surface area contributed by atoms with Crippen molar-refractivity contribution in [2.24, 2.45) is 0 Å². The molecule has 0 atom stereocenters. The van der Waals surface area contributed by atoms with Gasteiger partial charge in [-0.15, -0.1) is 0 Å². The summed E-state index contributed by atoms with van der Waals surface area (Å²) >= 11 is 0. The number of carbonyl (C=O) groups is 1. The Bertz CT molecular complexity index is 1280. The summed E-state index contributed by atoms with van der Waals surface area (Å²) in [5.41, 5.74) is 5.61. The minimum atomic E-state index is -0.0732. The highest BCUT2D eigenvalue weighted by Crippen LogP contribution is 2.31. The molecule has 7 nitrogen and oxygen atoms in total. The SMILES string of the molecule is COc1cc(C(=O)N2CCOc3ccc(-c4ccc5[nH]c(C)nc5c4)cc3C2)ccn1. The third-order valence-electron chi connectivity index (χ3n) is 5.45. The van der Waals surface area contributed by atoms with E-state index in [2.05, 4.69) is 33.2 Å². The highest BCUT2D eigenvalue weighted by atomic mass is 16.5. The molecule has 0 radical (unpaired) electrons. The van der Waals surface area contributed by atoms with Crippen molar-refractivity contribution < 1.29 is 14.3 Å². The van der Waals surface area contributed by atoms with E-state index in [0.29, 0.717) is 31.1 Å². The molecule has 0 saturated heterocycles. The maximum absolute atomic E-state index is 13.1. The third-order valence-corrected chi connectivity index (χ3v) is 5.45. The Kier molecular flexibility index (Phi) is 4.78. The van der Waals surface area contributed by atoms with E-state index < -0.39 is 0 Å². The number of hydrogen-bond donors (Lipinski definition) is 1. The van der Waals surface area contributed by atoms with Crippen LogP contribution < -0.4 is 9.47 Å². The number of aromatic amines is 1. The number of pyridine rings is 1. The highest BCUT2D eigenvalue weighted by Gasteiger charge is 2.22. The van der Waals surface area contributed by atoms with Crippen LogP contribution in [0.1, 0.15) is 21.7 Å². The molecule has 2 aromatic carbocycles. The van der Waals surface area contributed by atoms with E-state index in [4.69, 9.17) is 9.47 Å². The number of hydrogen-bond acceptors (Lipinski definition) is 5. The zero-order valence-electron chi connectivity index (χ0n) is 17.4.